The average molecular weight is 268 g/mol. The van der Waals surface area contributed by atoms with Gasteiger partial charge in [0, 0.05) is 18.7 Å². The molecule has 0 aliphatic carbocycles. The third-order valence-electron chi connectivity index (χ3n) is 3.96. The molecule has 2 nitrogen and oxygen atoms in total. The van der Waals surface area contributed by atoms with Crippen molar-refractivity contribution in [3.05, 3.63) is 29.3 Å². The van der Waals surface area contributed by atoms with Gasteiger partial charge in [-0.1, -0.05) is 6.42 Å². The minimum Gasteiger partial charge on any atom is -0.383 e. The van der Waals surface area contributed by atoms with E-state index in [1.807, 2.05) is 0 Å². The van der Waals surface area contributed by atoms with Gasteiger partial charge in [0.05, 0.1) is 5.69 Å². The molecule has 0 aromatic heterocycles. The number of likely N-dealkylation sites (tertiary alicyclic amines) is 1. The van der Waals surface area contributed by atoms with Gasteiger partial charge in [-0.15, -0.1) is 0 Å². The Balaban J connectivity index is 1.87. The van der Waals surface area contributed by atoms with Crippen LogP contribution in [-0.2, 0) is 0 Å². The van der Waals surface area contributed by atoms with Gasteiger partial charge in [0.15, 0.2) is 0 Å². The lowest BCUT2D eigenvalue weighted by atomic mass is 10.0. The number of benzene rings is 1. The zero-order valence-electron chi connectivity index (χ0n) is 11.7. The molecule has 1 saturated heterocycles. The zero-order valence-corrected chi connectivity index (χ0v) is 11.7. The van der Waals surface area contributed by atoms with Crippen LogP contribution in [0.4, 0.5) is 14.5 Å². The smallest absolute Gasteiger partial charge is 0.146 e. The number of hydrogen-bond donors (Lipinski definition) is 1. The molecule has 4 heteroatoms. The van der Waals surface area contributed by atoms with Crippen molar-refractivity contribution in [3.8, 4) is 0 Å². The third kappa shape index (κ3) is 3.66. The first-order valence-corrected chi connectivity index (χ1v) is 6.97. The molecule has 1 heterocycles. The van der Waals surface area contributed by atoms with Crippen molar-refractivity contribution in [2.45, 2.75) is 38.6 Å². The number of aryl methyl sites for hydroxylation is 1. The number of anilines is 1. The van der Waals surface area contributed by atoms with E-state index in [4.69, 9.17) is 0 Å². The normalized spacial score (nSPS) is 20.5. The molecule has 0 amide bonds. The predicted molar refractivity (Wildman–Crippen MR) is 74.5 cm³/mol. The summed E-state index contributed by atoms with van der Waals surface area (Å²) in [6.45, 7) is 3.38. The highest BCUT2D eigenvalue weighted by molar-refractivity contribution is 5.46. The summed E-state index contributed by atoms with van der Waals surface area (Å²) in [5.41, 5.74) is 0.608. The molecule has 1 aromatic rings. The highest BCUT2D eigenvalue weighted by atomic mass is 19.1. The molecule has 1 aliphatic heterocycles. The van der Waals surface area contributed by atoms with Crippen molar-refractivity contribution in [2.75, 3.05) is 25.5 Å². The van der Waals surface area contributed by atoms with Gasteiger partial charge >= 0.3 is 0 Å². The Labute approximate surface area is 113 Å². The van der Waals surface area contributed by atoms with Crippen LogP contribution in [0.15, 0.2) is 12.1 Å². The lowest BCUT2D eigenvalue weighted by molar-refractivity contribution is 0.179. The maximum Gasteiger partial charge on any atom is 0.146 e. The minimum absolute atomic E-state index is 0.265. The predicted octanol–water partition coefficient (Wildman–Crippen LogP) is 3.56. The van der Waals surface area contributed by atoms with E-state index in [-0.39, 0.29) is 17.3 Å². The molecule has 1 atom stereocenters. The summed E-state index contributed by atoms with van der Waals surface area (Å²) >= 11 is 0. The molecule has 0 bridgehead atoms. The molecule has 0 radical (unpaired) electrons. The topological polar surface area (TPSA) is 15.3 Å². The van der Waals surface area contributed by atoms with Crippen molar-refractivity contribution in [3.63, 3.8) is 0 Å². The number of rotatable bonds is 4. The molecule has 0 saturated carbocycles. The largest absolute Gasteiger partial charge is 0.383 e. The summed E-state index contributed by atoms with van der Waals surface area (Å²) in [5, 5.41) is 3.01. The number of nitrogens with one attached hydrogen (secondary N) is 1. The molecular weight excluding hydrogens is 246 g/mol. The van der Waals surface area contributed by atoms with Crippen molar-refractivity contribution >= 4 is 5.69 Å². The number of piperidine rings is 1. The van der Waals surface area contributed by atoms with Gasteiger partial charge in [-0.3, -0.25) is 0 Å². The first kappa shape index (κ1) is 14.3. The second kappa shape index (κ2) is 6.33. The monoisotopic (exact) mass is 268 g/mol. The minimum atomic E-state index is -0.379. The molecule has 1 aromatic carbocycles. The van der Waals surface area contributed by atoms with E-state index in [2.05, 4.69) is 17.3 Å². The maximum absolute atomic E-state index is 13.6. The fraction of sp³-hybridized carbons (Fsp3) is 0.600. The van der Waals surface area contributed by atoms with E-state index in [1.165, 1.54) is 31.4 Å². The molecular formula is C15H22F2N2. The van der Waals surface area contributed by atoms with Crippen LogP contribution in [0.2, 0.25) is 0 Å². The van der Waals surface area contributed by atoms with E-state index < -0.39 is 0 Å². The van der Waals surface area contributed by atoms with Gasteiger partial charge in [0.2, 0.25) is 0 Å². The van der Waals surface area contributed by atoms with Crippen LogP contribution in [0, 0.1) is 18.6 Å². The van der Waals surface area contributed by atoms with Crippen molar-refractivity contribution in [1.29, 1.82) is 0 Å². The van der Waals surface area contributed by atoms with Crippen molar-refractivity contribution in [1.82, 2.24) is 4.90 Å². The van der Waals surface area contributed by atoms with Crippen LogP contribution in [0.25, 0.3) is 0 Å². The molecule has 1 unspecified atom stereocenters. The summed E-state index contributed by atoms with van der Waals surface area (Å²) < 4.78 is 27.0. The molecule has 0 spiro atoms. The van der Waals surface area contributed by atoms with E-state index in [0.29, 0.717) is 18.2 Å². The van der Waals surface area contributed by atoms with Crippen molar-refractivity contribution in [2.24, 2.45) is 0 Å². The maximum atomic E-state index is 13.6. The molecule has 1 fully saturated rings. The zero-order chi connectivity index (χ0) is 13.8. The highest BCUT2D eigenvalue weighted by Gasteiger charge is 2.18. The van der Waals surface area contributed by atoms with Crippen LogP contribution in [0.1, 0.15) is 31.2 Å². The quantitative estimate of drug-likeness (QED) is 0.898. The summed E-state index contributed by atoms with van der Waals surface area (Å²) in [4.78, 5) is 2.36. The second-order valence-corrected chi connectivity index (χ2v) is 5.43. The Kier molecular flexibility index (Phi) is 4.75. The SMILES string of the molecule is Cc1cc(F)c(NCCC2CCCCN2C)cc1F. The van der Waals surface area contributed by atoms with Gasteiger partial charge in [0.25, 0.3) is 0 Å². The Bertz CT molecular complexity index is 434. The van der Waals surface area contributed by atoms with E-state index >= 15 is 0 Å². The first-order valence-electron chi connectivity index (χ1n) is 6.97. The summed E-state index contributed by atoms with van der Waals surface area (Å²) in [6.07, 6.45) is 4.69. The average Bonchev–Trinajstić information content (AvgIpc) is 2.38. The molecule has 106 valence electrons. The van der Waals surface area contributed by atoms with Crippen LogP contribution >= 0.6 is 0 Å². The fourth-order valence-electron chi connectivity index (χ4n) is 2.66. The van der Waals surface area contributed by atoms with Crippen LogP contribution in [0.5, 0.6) is 0 Å². The third-order valence-corrected chi connectivity index (χ3v) is 3.96. The lowest BCUT2D eigenvalue weighted by Crippen LogP contribution is -2.37. The first-order chi connectivity index (χ1) is 9.08. The Morgan fingerprint density at radius 1 is 1.26 bits per heavy atom. The van der Waals surface area contributed by atoms with Crippen LogP contribution in [0.3, 0.4) is 0 Å². The van der Waals surface area contributed by atoms with Gasteiger partial charge in [-0.25, -0.2) is 8.78 Å². The second-order valence-electron chi connectivity index (χ2n) is 5.43. The molecule has 1 N–H and O–H groups in total. The number of halogens is 2. The fourth-order valence-corrected chi connectivity index (χ4v) is 2.66. The summed E-state index contributed by atoms with van der Waals surface area (Å²) in [5.74, 6) is -0.741. The standard InChI is InChI=1S/C15H22F2N2/c1-11-9-14(17)15(10-13(11)16)18-7-6-12-5-3-4-8-19(12)2/h9-10,12,18H,3-8H2,1-2H3. The van der Waals surface area contributed by atoms with Gasteiger partial charge in [0.1, 0.15) is 11.6 Å². The Morgan fingerprint density at radius 2 is 2.05 bits per heavy atom. The van der Waals surface area contributed by atoms with Crippen LogP contribution < -0.4 is 5.32 Å². The Hall–Kier alpha value is -1.16. The molecule has 1 aliphatic rings. The van der Waals surface area contributed by atoms with Crippen molar-refractivity contribution < 1.29 is 8.78 Å². The number of hydrogen-bond acceptors (Lipinski definition) is 2. The Morgan fingerprint density at radius 3 is 2.79 bits per heavy atom. The van der Waals surface area contributed by atoms with Gasteiger partial charge in [-0.2, -0.15) is 0 Å². The lowest BCUT2D eigenvalue weighted by Gasteiger charge is -2.32. The van der Waals surface area contributed by atoms with E-state index in [9.17, 15) is 8.78 Å². The molecule has 19 heavy (non-hydrogen) atoms. The van der Waals surface area contributed by atoms with E-state index in [1.54, 1.807) is 6.92 Å². The molecule has 2 rings (SSSR count). The summed E-state index contributed by atoms with van der Waals surface area (Å²) in [7, 11) is 2.13. The number of nitrogens with zero attached hydrogens (tertiary/aromatic N) is 1. The van der Waals surface area contributed by atoms with Gasteiger partial charge in [-0.05, 0) is 51.4 Å². The highest BCUT2D eigenvalue weighted by Crippen LogP contribution is 2.21. The van der Waals surface area contributed by atoms with E-state index in [0.717, 1.165) is 13.0 Å². The van der Waals surface area contributed by atoms with Crippen LogP contribution in [-0.4, -0.2) is 31.1 Å². The summed E-state index contributed by atoms with van der Waals surface area (Å²) in [6, 6.07) is 3.04. The van der Waals surface area contributed by atoms with Gasteiger partial charge < -0.3 is 10.2 Å².